The van der Waals surface area contributed by atoms with Crippen LogP contribution < -0.4 is 0 Å². The van der Waals surface area contributed by atoms with E-state index in [1.165, 1.54) is 12.5 Å². The molecule has 1 saturated carbocycles. The number of epoxide rings is 1. The Morgan fingerprint density at radius 1 is 1.28 bits per heavy atom. The van der Waals surface area contributed by atoms with Gasteiger partial charge in [0.15, 0.2) is 0 Å². The smallest absolute Gasteiger partial charge is 0.306 e. The fraction of sp³-hybridized carbons (Fsp3) is 0.818. The molecule has 0 spiro atoms. The van der Waals surface area contributed by atoms with Crippen LogP contribution in [0.5, 0.6) is 0 Å². The molecule has 0 aromatic rings. The second-order valence-corrected chi connectivity index (χ2v) is 9.66. The molecule has 0 bridgehead atoms. The third kappa shape index (κ3) is 5.84. The Balaban J connectivity index is 2.21. The van der Waals surface area contributed by atoms with Crippen molar-refractivity contribution < 1.29 is 28.9 Å². The summed E-state index contributed by atoms with van der Waals surface area (Å²) in [5.74, 6) is -0.189. The van der Waals surface area contributed by atoms with Crippen LogP contribution in [0.4, 0.5) is 0 Å². The molecule has 0 amide bonds. The topological polar surface area (TPSA) is 85.4 Å². The van der Waals surface area contributed by atoms with Crippen molar-refractivity contribution in [2.45, 2.75) is 89.3 Å². The van der Waals surface area contributed by atoms with Crippen molar-refractivity contribution in [1.82, 2.24) is 0 Å². The highest BCUT2D eigenvalue weighted by Crippen LogP contribution is 2.55. The van der Waals surface area contributed by atoms with Gasteiger partial charge in [0.05, 0.1) is 18.1 Å². The molecule has 1 heterocycles. The molecule has 2 rings (SSSR count). The highest BCUT2D eigenvalue weighted by Gasteiger charge is 2.67. The van der Waals surface area contributed by atoms with Crippen molar-refractivity contribution in [2.75, 3.05) is 19.1 Å². The van der Waals surface area contributed by atoms with Gasteiger partial charge in [0.1, 0.15) is 23.6 Å². The zero-order chi connectivity index (χ0) is 21.8. The van der Waals surface area contributed by atoms with E-state index in [9.17, 15) is 14.7 Å². The van der Waals surface area contributed by atoms with E-state index in [4.69, 9.17) is 14.2 Å². The molecule has 7 heteroatoms. The quantitative estimate of drug-likeness (QED) is 0.325. The van der Waals surface area contributed by atoms with Crippen LogP contribution in [-0.2, 0) is 23.8 Å². The van der Waals surface area contributed by atoms with Gasteiger partial charge in [-0.05, 0) is 53.2 Å². The van der Waals surface area contributed by atoms with Crippen molar-refractivity contribution >= 4 is 23.5 Å². The van der Waals surface area contributed by atoms with Crippen LogP contribution in [-0.4, -0.2) is 65.5 Å². The number of ketones is 1. The molecule has 0 aromatic carbocycles. The van der Waals surface area contributed by atoms with Gasteiger partial charge in [0.2, 0.25) is 0 Å². The summed E-state index contributed by atoms with van der Waals surface area (Å²) in [6.07, 6.45) is 5.25. The number of rotatable bonds is 10. The molecule has 29 heavy (non-hydrogen) atoms. The second kappa shape index (κ2) is 9.94. The molecule has 2 aliphatic rings. The summed E-state index contributed by atoms with van der Waals surface area (Å²) in [4.78, 5) is 23.4. The number of hydrogen-bond donors (Lipinski definition) is 1. The maximum absolute atomic E-state index is 12.2. The zero-order valence-corrected chi connectivity index (χ0v) is 19.3. The molecule has 6 nitrogen and oxygen atoms in total. The number of ether oxygens (including phenoxy) is 3. The summed E-state index contributed by atoms with van der Waals surface area (Å²) in [6.45, 7) is 7.60. The highest BCUT2D eigenvalue weighted by atomic mass is 32.2. The lowest BCUT2D eigenvalue weighted by molar-refractivity contribution is -0.192. The van der Waals surface area contributed by atoms with Gasteiger partial charge < -0.3 is 24.1 Å². The Kier molecular flexibility index (Phi) is 8.36. The number of methoxy groups -OCH3 is 1. The Hall–Kier alpha value is -0.890. The van der Waals surface area contributed by atoms with Crippen molar-refractivity contribution in [3.8, 4) is 0 Å². The molecule has 0 radical (unpaired) electrons. The number of esters is 1. The first kappa shape index (κ1) is 24.4. The van der Waals surface area contributed by atoms with Crippen LogP contribution in [0.25, 0.3) is 0 Å². The number of thioether (sulfide) groups is 1. The molecule has 0 aromatic heterocycles. The fourth-order valence-electron chi connectivity index (χ4n) is 4.59. The summed E-state index contributed by atoms with van der Waals surface area (Å²) in [5, 5.41) is 11.6. The molecule has 6 atom stereocenters. The van der Waals surface area contributed by atoms with Gasteiger partial charge >= 0.3 is 5.97 Å². The normalized spacial score (nSPS) is 36.4. The van der Waals surface area contributed by atoms with Gasteiger partial charge in [-0.2, -0.15) is 11.8 Å². The van der Waals surface area contributed by atoms with Crippen molar-refractivity contribution in [3.05, 3.63) is 11.6 Å². The van der Waals surface area contributed by atoms with Crippen molar-refractivity contribution in [1.29, 1.82) is 0 Å². The van der Waals surface area contributed by atoms with Crippen LogP contribution in [0.1, 0.15) is 59.8 Å². The van der Waals surface area contributed by atoms with E-state index >= 15 is 0 Å². The van der Waals surface area contributed by atoms with E-state index in [0.29, 0.717) is 18.6 Å². The summed E-state index contributed by atoms with van der Waals surface area (Å²) < 4.78 is 17.6. The first-order valence-corrected chi connectivity index (χ1v) is 11.7. The molecule has 1 N–H and O–H groups in total. The summed E-state index contributed by atoms with van der Waals surface area (Å²) >= 11 is 1.59. The van der Waals surface area contributed by atoms with Gasteiger partial charge in [-0.15, -0.1) is 0 Å². The predicted molar refractivity (Wildman–Crippen MR) is 114 cm³/mol. The van der Waals surface area contributed by atoms with Gasteiger partial charge in [0.25, 0.3) is 0 Å². The maximum atomic E-state index is 12.2. The van der Waals surface area contributed by atoms with Crippen LogP contribution in [0.15, 0.2) is 11.6 Å². The lowest BCUT2D eigenvalue weighted by atomic mass is 9.66. The first-order chi connectivity index (χ1) is 13.6. The Morgan fingerprint density at radius 3 is 2.52 bits per heavy atom. The number of allylic oxidation sites excluding steroid dienone is 1. The molecular formula is C22H36O6S. The summed E-state index contributed by atoms with van der Waals surface area (Å²) in [5.41, 5.74) is -0.273. The highest BCUT2D eigenvalue weighted by molar-refractivity contribution is 7.98. The molecule has 1 saturated heterocycles. The molecule has 2 fully saturated rings. The Morgan fingerprint density at radius 2 is 1.97 bits per heavy atom. The Bertz CT molecular complexity index is 631. The van der Waals surface area contributed by atoms with E-state index in [1.54, 1.807) is 18.9 Å². The third-order valence-corrected chi connectivity index (χ3v) is 6.89. The molecular weight excluding hydrogens is 392 g/mol. The SMILES string of the molecule is CO[C@@H]1[C@H](OC(=O)CCC(C)=O)CC[C@](O)(CSC)[C@H]1[C@]1(C)OC1CC=C(C)C. The minimum absolute atomic E-state index is 0.000551. The summed E-state index contributed by atoms with van der Waals surface area (Å²) in [7, 11) is 1.59. The van der Waals surface area contributed by atoms with Crippen LogP contribution >= 0.6 is 11.8 Å². The average molecular weight is 429 g/mol. The van der Waals surface area contributed by atoms with Gasteiger partial charge in [0, 0.05) is 25.2 Å². The van der Waals surface area contributed by atoms with E-state index < -0.39 is 29.4 Å². The number of aliphatic hydroxyl groups is 1. The largest absolute Gasteiger partial charge is 0.460 e. The van der Waals surface area contributed by atoms with Crippen LogP contribution in [0.3, 0.4) is 0 Å². The predicted octanol–water partition coefficient (Wildman–Crippen LogP) is 3.30. The minimum atomic E-state index is -0.961. The lowest BCUT2D eigenvalue weighted by Gasteiger charge is -2.48. The van der Waals surface area contributed by atoms with E-state index in [1.807, 2.05) is 13.2 Å². The van der Waals surface area contributed by atoms with E-state index in [2.05, 4.69) is 19.9 Å². The number of carbonyl (C=O) groups is 2. The number of hydrogen-bond acceptors (Lipinski definition) is 7. The fourth-order valence-corrected chi connectivity index (χ4v) is 5.42. The standard InChI is InChI=1S/C22H36O6S/c1-14(2)7-9-17-21(4,28-17)20-19(26-5)16(11-12-22(20,25)13-29-6)27-18(24)10-8-15(3)23/h7,16-17,19-20,25H,8-13H2,1-6H3/t16-,17?,19-,20-,21-,22+/m1/s1. The monoisotopic (exact) mass is 428 g/mol. The van der Waals surface area contributed by atoms with Gasteiger partial charge in [-0.1, -0.05) is 11.6 Å². The average Bonchev–Trinajstić information content (AvgIpc) is 3.30. The van der Waals surface area contributed by atoms with Crippen LogP contribution in [0.2, 0.25) is 0 Å². The lowest BCUT2D eigenvalue weighted by Crippen LogP contribution is -2.61. The third-order valence-electron chi connectivity index (χ3n) is 6.10. The number of Topliss-reactive ketones (excluding diaryl/α,β-unsaturated/α-hetero) is 1. The van der Waals surface area contributed by atoms with Crippen molar-refractivity contribution in [3.63, 3.8) is 0 Å². The minimum Gasteiger partial charge on any atom is -0.460 e. The molecule has 166 valence electrons. The van der Waals surface area contributed by atoms with E-state index in [0.717, 1.165) is 6.42 Å². The second-order valence-electron chi connectivity index (χ2n) is 8.79. The molecule has 1 unspecified atom stereocenters. The van der Waals surface area contributed by atoms with Gasteiger partial charge in [-0.3, -0.25) is 4.79 Å². The Labute approximate surface area is 178 Å². The van der Waals surface area contributed by atoms with E-state index in [-0.39, 0.29) is 30.6 Å². The maximum Gasteiger partial charge on any atom is 0.306 e. The molecule has 1 aliphatic carbocycles. The zero-order valence-electron chi connectivity index (χ0n) is 18.5. The first-order valence-electron chi connectivity index (χ1n) is 10.3. The number of carbonyl (C=O) groups excluding carboxylic acids is 2. The van der Waals surface area contributed by atoms with Crippen molar-refractivity contribution in [2.24, 2.45) is 5.92 Å². The summed E-state index contributed by atoms with van der Waals surface area (Å²) in [6, 6.07) is 0. The van der Waals surface area contributed by atoms with Gasteiger partial charge in [-0.25, -0.2) is 0 Å². The van der Waals surface area contributed by atoms with Crippen LogP contribution in [0, 0.1) is 5.92 Å². The molecule has 1 aliphatic heterocycles.